The summed E-state index contributed by atoms with van der Waals surface area (Å²) in [5, 5.41) is 34.3. The number of benzene rings is 16. The van der Waals surface area contributed by atoms with E-state index in [9.17, 15) is 0 Å². The largest absolute Gasteiger partial charge is 0.0622 e. The maximum absolute atomic E-state index is 2.60. The van der Waals surface area contributed by atoms with Gasteiger partial charge in [0, 0.05) is 0 Å². The van der Waals surface area contributed by atoms with Crippen LogP contribution in [0.25, 0.3) is 185 Å². The van der Waals surface area contributed by atoms with Crippen LogP contribution in [0.15, 0.2) is 218 Å². The van der Waals surface area contributed by atoms with Gasteiger partial charge in [0.2, 0.25) is 0 Å². The van der Waals surface area contributed by atoms with Crippen molar-refractivity contribution in [3.63, 3.8) is 0 Å². The molecular weight excluding hydrogens is 1080 g/mol. The minimum absolute atomic E-state index is 0.150. The quantitative estimate of drug-likeness (QED) is 0.122. The molecule has 0 radical (unpaired) electrons. The van der Waals surface area contributed by atoms with Gasteiger partial charge in [-0.15, -0.1) is 0 Å². The first kappa shape index (κ1) is 53.4. The van der Waals surface area contributed by atoms with Crippen LogP contribution >= 0.6 is 0 Å². The van der Waals surface area contributed by atoms with Crippen LogP contribution in [0.1, 0.15) is 105 Å². The fourth-order valence-corrected chi connectivity index (χ4v) is 16.8. The Balaban J connectivity index is 1.21. The molecule has 18 aromatic carbocycles. The van der Waals surface area contributed by atoms with Crippen LogP contribution in [0.4, 0.5) is 0 Å². The lowest BCUT2D eigenvalue weighted by molar-refractivity contribution is 0.568. The van der Waals surface area contributed by atoms with Crippen molar-refractivity contribution < 1.29 is 0 Å². The molecule has 0 aliphatic rings. The Labute approximate surface area is 526 Å². The molecule has 0 aromatic heterocycles. The summed E-state index contributed by atoms with van der Waals surface area (Å²) in [7, 11) is 0. The van der Waals surface area contributed by atoms with Gasteiger partial charge in [0.25, 0.3) is 0 Å². The molecule has 0 bridgehead atoms. The first-order chi connectivity index (χ1) is 43.2. The zero-order chi connectivity index (χ0) is 61.4. The normalized spacial score (nSPS) is 13.3. The number of fused-ring (bicyclic) bond motifs is 11. The predicted octanol–water partition coefficient (Wildman–Crippen LogP) is 26.3. The van der Waals surface area contributed by atoms with Crippen LogP contribution < -0.4 is 0 Å². The maximum atomic E-state index is 2.60. The minimum atomic E-state index is -0.150. The summed E-state index contributed by atoms with van der Waals surface area (Å²) >= 11 is 0. The highest BCUT2D eigenvalue weighted by Gasteiger charge is 2.35. The molecule has 0 nitrogen and oxygen atoms in total. The van der Waals surface area contributed by atoms with E-state index in [2.05, 4.69) is 301 Å². The van der Waals surface area contributed by atoms with Gasteiger partial charge in [0.1, 0.15) is 0 Å². The predicted molar refractivity (Wildman–Crippen MR) is 395 cm³/mol. The van der Waals surface area contributed by atoms with Gasteiger partial charge in [-0.1, -0.05) is 301 Å². The maximum Gasteiger partial charge on any atom is -0.0000925 e. The Morgan fingerprint density at radius 1 is 0.167 bits per heavy atom. The Morgan fingerprint density at radius 3 is 0.667 bits per heavy atom. The molecule has 18 aromatic rings. The van der Waals surface area contributed by atoms with Crippen molar-refractivity contribution in [2.24, 2.45) is 0 Å². The van der Waals surface area contributed by atoms with Gasteiger partial charge in [-0.05, 0) is 228 Å². The lowest BCUT2D eigenvalue weighted by Crippen LogP contribution is -2.17. The summed E-state index contributed by atoms with van der Waals surface area (Å²) in [4.78, 5) is 0. The molecule has 18 rings (SSSR count). The van der Waals surface area contributed by atoms with Crippen LogP contribution in [0.3, 0.4) is 0 Å². The number of rotatable bonds is 4. The molecule has 0 amide bonds. The molecule has 0 saturated carbocycles. The molecule has 0 fully saturated rings. The van der Waals surface area contributed by atoms with Crippen LogP contribution in [0.2, 0.25) is 0 Å². The fraction of sp³-hybridized carbons (Fsp3) is 0.178. The summed E-state index contributed by atoms with van der Waals surface area (Å²) in [5.41, 5.74) is 14.9. The third kappa shape index (κ3) is 7.25. The summed E-state index contributed by atoms with van der Waals surface area (Å²) in [6.07, 6.45) is 0. The topological polar surface area (TPSA) is 0 Å². The van der Waals surface area contributed by atoms with Crippen LogP contribution in [-0.2, 0) is 21.7 Å². The lowest BCUT2D eigenvalue weighted by Gasteiger charge is -2.29. The Kier molecular flexibility index (Phi) is 10.7. The number of hydrogen-bond acceptors (Lipinski definition) is 0. The summed E-state index contributed by atoms with van der Waals surface area (Å²) in [5.74, 6) is 0. The lowest BCUT2D eigenvalue weighted by atomic mass is 9.74. The third-order valence-corrected chi connectivity index (χ3v) is 21.2. The summed E-state index contributed by atoms with van der Waals surface area (Å²) in [6.45, 7) is 28.8. The highest BCUT2D eigenvalue weighted by Crippen LogP contribution is 2.62. The van der Waals surface area contributed by atoms with E-state index in [0.29, 0.717) is 0 Å². The summed E-state index contributed by atoms with van der Waals surface area (Å²) in [6, 6.07) is 86.3. The van der Waals surface area contributed by atoms with Crippen molar-refractivity contribution in [1.29, 1.82) is 0 Å². The van der Waals surface area contributed by atoms with E-state index in [1.54, 1.807) is 0 Å². The van der Waals surface area contributed by atoms with Gasteiger partial charge >= 0.3 is 0 Å². The fourth-order valence-electron chi connectivity index (χ4n) is 16.8. The van der Waals surface area contributed by atoms with Gasteiger partial charge < -0.3 is 0 Å². The molecule has 0 heteroatoms. The highest BCUT2D eigenvalue weighted by atomic mass is 14.4. The van der Waals surface area contributed by atoms with E-state index in [-0.39, 0.29) is 21.7 Å². The second-order valence-electron chi connectivity index (χ2n) is 30.6. The van der Waals surface area contributed by atoms with E-state index < -0.39 is 0 Å². The smallest absolute Gasteiger partial charge is 0.0000925 e. The van der Waals surface area contributed by atoms with E-state index in [0.717, 1.165) is 0 Å². The molecule has 90 heavy (non-hydrogen) atoms. The average Bonchev–Trinajstić information content (AvgIpc) is 1.46. The van der Waals surface area contributed by atoms with Crippen molar-refractivity contribution in [2.45, 2.75) is 105 Å². The highest BCUT2D eigenvalue weighted by molar-refractivity contribution is 6.51. The Hall–Kier alpha value is -9.62. The van der Waals surface area contributed by atoms with Gasteiger partial charge in [-0.3, -0.25) is 0 Å². The van der Waals surface area contributed by atoms with Crippen LogP contribution in [0.5, 0.6) is 0 Å². The van der Waals surface area contributed by atoms with E-state index >= 15 is 0 Å². The van der Waals surface area contributed by atoms with Gasteiger partial charge in [-0.2, -0.15) is 0 Å². The summed E-state index contributed by atoms with van der Waals surface area (Å²) < 4.78 is 0. The first-order valence-electron chi connectivity index (χ1n) is 32.7. The molecule has 0 N–H and O–H groups in total. The molecule has 0 unspecified atom stereocenters. The van der Waals surface area contributed by atoms with E-state index in [1.807, 2.05) is 0 Å². The molecule has 0 saturated heterocycles. The standard InChI is InChI=1S/C90H72/c1-87(2,3)55-43-53(44-56(47-55)88(4,5)6)75-83-69-41-37-65-61-33-21-29-50-30-22-34-62(72(50)61)66-38-42-70(80(69)78(65)66)84(83)76(54-45-57(89(7,8)9)48-58(46-54)90(10,11)12)86-74(52-25-17-14-18-26-52)82-68-40-36-64-60-32-20-28-49-27-19-31-59(71(49)60)63-35-39-67(79(68)77(63)64)81(82)73(85(75)86)51-23-15-13-16-24-51/h13-48H,1-12H3. The van der Waals surface area contributed by atoms with E-state index in [4.69, 9.17) is 0 Å². The van der Waals surface area contributed by atoms with Gasteiger partial charge in [0.15, 0.2) is 0 Å². The average molecular weight is 1150 g/mol. The zero-order valence-corrected chi connectivity index (χ0v) is 53.8. The van der Waals surface area contributed by atoms with Crippen molar-refractivity contribution in [3.05, 3.63) is 241 Å². The monoisotopic (exact) mass is 1150 g/mol. The van der Waals surface area contributed by atoms with Crippen LogP contribution in [0, 0.1) is 0 Å². The number of hydrogen-bond donors (Lipinski definition) is 0. The van der Waals surface area contributed by atoms with Crippen molar-refractivity contribution in [2.75, 3.05) is 0 Å². The molecule has 0 aliphatic heterocycles. The third-order valence-electron chi connectivity index (χ3n) is 21.2. The molecule has 0 aliphatic carbocycles. The first-order valence-corrected chi connectivity index (χ1v) is 32.7. The molecule has 432 valence electrons. The Morgan fingerprint density at radius 2 is 0.400 bits per heavy atom. The second kappa shape index (κ2) is 18.0. The van der Waals surface area contributed by atoms with Crippen molar-refractivity contribution >= 4 is 140 Å². The van der Waals surface area contributed by atoms with Crippen molar-refractivity contribution in [1.82, 2.24) is 0 Å². The Bertz CT molecular complexity index is 5640. The van der Waals surface area contributed by atoms with Gasteiger partial charge in [0.05, 0.1) is 0 Å². The van der Waals surface area contributed by atoms with Crippen LogP contribution in [-0.4, -0.2) is 0 Å². The molecule has 0 atom stereocenters. The molecule has 0 heterocycles. The molecule has 0 spiro atoms. The van der Waals surface area contributed by atoms with Crippen molar-refractivity contribution in [3.8, 4) is 44.5 Å². The van der Waals surface area contributed by atoms with E-state index in [1.165, 1.54) is 207 Å². The second-order valence-corrected chi connectivity index (χ2v) is 30.6. The SMILES string of the molecule is CC(C)(C)c1cc(-c2c3c(-c4ccccc4)c4c5ccc6c7cccc8cccc(c9ccc(c4c(-c4ccccc4)c3c(-c3cc(C(C)(C)C)cc(C(C)(C)C)c3)c3c4ccc%10c%11cccc%12cccc(c%13ccc(c23)c4c%13%10)c%12%11)c5c69)c87)cc(C(C)(C)C)c1. The minimum Gasteiger partial charge on any atom is -0.0622 e. The van der Waals surface area contributed by atoms with Gasteiger partial charge in [-0.25, -0.2) is 0 Å². The molecular formula is C90H72. The zero-order valence-electron chi connectivity index (χ0n) is 53.8.